The predicted molar refractivity (Wildman–Crippen MR) is 94.3 cm³/mol. The molecule has 2 rings (SSSR count). The van der Waals surface area contributed by atoms with Crippen LogP contribution in [0.4, 0.5) is 0 Å². The summed E-state index contributed by atoms with van der Waals surface area (Å²) in [6, 6.07) is 5.51. The molecule has 1 N–H and O–H groups in total. The van der Waals surface area contributed by atoms with Crippen molar-refractivity contribution in [3.63, 3.8) is 0 Å². The normalized spacial score (nSPS) is 11.1. The summed E-state index contributed by atoms with van der Waals surface area (Å²) < 4.78 is 1.47. The van der Waals surface area contributed by atoms with Crippen molar-refractivity contribution in [3.8, 4) is 11.4 Å². The van der Waals surface area contributed by atoms with E-state index < -0.39 is 0 Å². The zero-order valence-corrected chi connectivity index (χ0v) is 15.5. The van der Waals surface area contributed by atoms with Crippen LogP contribution in [-0.2, 0) is 6.42 Å². The molecule has 0 saturated carbocycles. The van der Waals surface area contributed by atoms with Gasteiger partial charge in [-0.15, -0.1) is 0 Å². The molecule has 1 aromatic carbocycles. The van der Waals surface area contributed by atoms with Crippen LogP contribution in [0.15, 0.2) is 27.5 Å². The second-order valence-corrected chi connectivity index (χ2v) is 7.24. The monoisotopic (exact) mass is 466 g/mol. The minimum Gasteiger partial charge on any atom is -0.306 e. The molecule has 0 amide bonds. The van der Waals surface area contributed by atoms with Crippen molar-refractivity contribution >= 4 is 50.1 Å². The minimum atomic E-state index is -0.106. The summed E-state index contributed by atoms with van der Waals surface area (Å²) in [5.74, 6) is 1.000. The smallest absolute Gasteiger partial charge is 0.264 e. The van der Waals surface area contributed by atoms with Crippen LogP contribution in [0.2, 0.25) is 5.02 Å². The lowest BCUT2D eigenvalue weighted by Gasteiger charge is -2.09. The van der Waals surface area contributed by atoms with Gasteiger partial charge < -0.3 is 4.98 Å². The third-order valence-electron chi connectivity index (χ3n) is 2.73. The Bertz CT molecular complexity index is 700. The first-order valence-corrected chi connectivity index (χ1v) is 8.37. The van der Waals surface area contributed by atoms with Crippen molar-refractivity contribution in [1.82, 2.24) is 9.97 Å². The lowest BCUT2D eigenvalue weighted by atomic mass is 10.1. The molecule has 0 spiro atoms. The molecule has 0 saturated heterocycles. The number of hydrogen-bond acceptors (Lipinski definition) is 2. The molecule has 0 unspecified atom stereocenters. The summed E-state index contributed by atoms with van der Waals surface area (Å²) in [6.07, 6.45) is 0.777. The van der Waals surface area contributed by atoms with E-state index in [1.807, 2.05) is 34.7 Å². The molecule has 1 aromatic heterocycles. The first kappa shape index (κ1) is 16.0. The van der Waals surface area contributed by atoms with Gasteiger partial charge in [-0.05, 0) is 63.0 Å². The van der Waals surface area contributed by atoms with Gasteiger partial charge in [0, 0.05) is 10.0 Å². The first-order valence-electron chi connectivity index (χ1n) is 6.12. The molecule has 0 aliphatic carbocycles. The molecule has 0 bridgehead atoms. The van der Waals surface area contributed by atoms with Crippen LogP contribution in [0.25, 0.3) is 11.4 Å². The summed E-state index contributed by atoms with van der Waals surface area (Å²) in [5.41, 5.74) is 1.53. The molecule has 6 heteroatoms. The molecular weight excluding hydrogens is 454 g/mol. The van der Waals surface area contributed by atoms with Crippen molar-refractivity contribution in [1.29, 1.82) is 0 Å². The molecule has 0 fully saturated rings. The Hall–Kier alpha value is -0.400. The van der Waals surface area contributed by atoms with E-state index in [9.17, 15) is 4.79 Å². The van der Waals surface area contributed by atoms with Gasteiger partial charge in [0.1, 0.15) is 5.82 Å². The van der Waals surface area contributed by atoms with Gasteiger partial charge in [0.15, 0.2) is 0 Å². The molecule has 0 radical (unpaired) electrons. The van der Waals surface area contributed by atoms with Crippen molar-refractivity contribution in [3.05, 3.63) is 47.3 Å². The van der Waals surface area contributed by atoms with Crippen molar-refractivity contribution in [2.45, 2.75) is 20.3 Å². The maximum atomic E-state index is 12.0. The van der Waals surface area contributed by atoms with Crippen molar-refractivity contribution < 1.29 is 0 Å². The maximum absolute atomic E-state index is 12.0. The fourth-order valence-electron chi connectivity index (χ4n) is 1.81. The molecule has 3 nitrogen and oxygen atoms in total. The summed E-state index contributed by atoms with van der Waals surface area (Å²) in [7, 11) is 0. The third kappa shape index (κ3) is 3.62. The number of halogens is 3. The first-order chi connectivity index (χ1) is 9.38. The lowest BCUT2D eigenvalue weighted by molar-refractivity contribution is 0.631. The van der Waals surface area contributed by atoms with Crippen molar-refractivity contribution in [2.75, 3.05) is 0 Å². The number of benzene rings is 1. The number of aromatic nitrogens is 2. The van der Waals surface area contributed by atoms with E-state index in [1.165, 1.54) is 0 Å². The van der Waals surface area contributed by atoms with Gasteiger partial charge in [-0.2, -0.15) is 0 Å². The Labute approximate surface area is 144 Å². The zero-order valence-electron chi connectivity index (χ0n) is 11.0. The fraction of sp³-hybridized carbons (Fsp3) is 0.286. The largest absolute Gasteiger partial charge is 0.306 e. The second kappa shape index (κ2) is 6.58. The summed E-state index contributed by atoms with van der Waals surface area (Å²) in [4.78, 5) is 19.4. The van der Waals surface area contributed by atoms with Crippen LogP contribution in [0.5, 0.6) is 0 Å². The maximum Gasteiger partial charge on any atom is 0.264 e. The predicted octanol–water partition coefficient (Wildman–Crippen LogP) is 4.66. The van der Waals surface area contributed by atoms with Crippen LogP contribution in [-0.4, -0.2) is 9.97 Å². The molecule has 20 heavy (non-hydrogen) atoms. The average molecular weight is 468 g/mol. The molecule has 0 aliphatic rings. The van der Waals surface area contributed by atoms with Crippen LogP contribution in [0, 0.1) is 9.49 Å². The number of aromatic amines is 1. The number of nitrogens with zero attached hydrogens (tertiary/aromatic N) is 1. The Morgan fingerprint density at radius 3 is 2.75 bits per heavy atom. The van der Waals surface area contributed by atoms with Crippen LogP contribution in [0.3, 0.4) is 0 Å². The summed E-state index contributed by atoms with van der Waals surface area (Å²) in [5, 5.41) is 0.592. The molecule has 0 atom stereocenters. The SMILES string of the molecule is CC(C)Cc1nc(-c2ccc(Br)c(Cl)c2)[nH]c(=O)c1I. The highest BCUT2D eigenvalue weighted by Crippen LogP contribution is 2.27. The summed E-state index contributed by atoms with van der Waals surface area (Å²) >= 11 is 11.5. The highest BCUT2D eigenvalue weighted by Gasteiger charge is 2.12. The Kier molecular flexibility index (Phi) is 5.25. The van der Waals surface area contributed by atoms with Gasteiger partial charge in [0.25, 0.3) is 5.56 Å². The van der Waals surface area contributed by atoms with Gasteiger partial charge in [-0.3, -0.25) is 4.79 Å². The van der Waals surface area contributed by atoms with E-state index >= 15 is 0 Å². The Morgan fingerprint density at radius 1 is 1.45 bits per heavy atom. The zero-order chi connectivity index (χ0) is 14.9. The standard InChI is InChI=1S/C14H13BrClIN2O/c1-7(2)5-11-12(17)14(20)19-13(18-11)8-3-4-9(15)10(16)6-8/h3-4,6-7H,5H2,1-2H3,(H,18,19,20). The number of hydrogen-bond donors (Lipinski definition) is 1. The molecular formula is C14H13BrClIN2O. The van der Waals surface area contributed by atoms with Crippen LogP contribution >= 0.6 is 50.1 Å². The second-order valence-electron chi connectivity index (χ2n) is 4.90. The van der Waals surface area contributed by atoms with E-state index in [4.69, 9.17) is 11.6 Å². The van der Waals surface area contributed by atoms with E-state index in [0.29, 0.717) is 20.3 Å². The van der Waals surface area contributed by atoms with Crippen LogP contribution in [0.1, 0.15) is 19.5 Å². The molecule has 2 aromatic rings. The third-order valence-corrected chi connectivity index (χ3v) is 5.07. The van der Waals surface area contributed by atoms with E-state index in [0.717, 1.165) is 22.2 Å². The van der Waals surface area contributed by atoms with E-state index in [1.54, 1.807) is 6.07 Å². The average Bonchev–Trinajstić information content (AvgIpc) is 2.37. The lowest BCUT2D eigenvalue weighted by Crippen LogP contribution is -2.17. The Morgan fingerprint density at radius 2 is 2.15 bits per heavy atom. The Balaban J connectivity index is 2.54. The number of rotatable bonds is 3. The van der Waals surface area contributed by atoms with Gasteiger partial charge in [0.2, 0.25) is 0 Å². The highest BCUT2D eigenvalue weighted by molar-refractivity contribution is 14.1. The van der Waals surface area contributed by atoms with Gasteiger partial charge >= 0.3 is 0 Å². The number of nitrogens with one attached hydrogen (secondary N) is 1. The van der Waals surface area contributed by atoms with Gasteiger partial charge in [-0.1, -0.05) is 31.5 Å². The van der Waals surface area contributed by atoms with Crippen molar-refractivity contribution in [2.24, 2.45) is 5.92 Å². The number of H-pyrrole nitrogens is 1. The topological polar surface area (TPSA) is 45.8 Å². The van der Waals surface area contributed by atoms with E-state index in [2.05, 4.69) is 39.7 Å². The molecule has 106 valence electrons. The summed E-state index contributed by atoms with van der Waals surface area (Å²) in [6.45, 7) is 4.21. The van der Waals surface area contributed by atoms with Crippen LogP contribution < -0.4 is 5.56 Å². The fourth-order valence-corrected chi connectivity index (χ4v) is 2.71. The molecule has 0 aliphatic heterocycles. The van der Waals surface area contributed by atoms with Gasteiger partial charge in [-0.25, -0.2) is 4.98 Å². The quantitative estimate of drug-likeness (QED) is 0.668. The molecule has 1 heterocycles. The van der Waals surface area contributed by atoms with E-state index in [-0.39, 0.29) is 5.56 Å². The highest BCUT2D eigenvalue weighted by atomic mass is 127. The van der Waals surface area contributed by atoms with Gasteiger partial charge in [0.05, 0.1) is 14.3 Å². The minimum absolute atomic E-state index is 0.106.